The Morgan fingerprint density at radius 1 is 1.12 bits per heavy atom. The molecular formula is C17H11N2O6-. The van der Waals surface area contributed by atoms with Crippen LogP contribution in [-0.2, 0) is 9.59 Å². The van der Waals surface area contributed by atoms with Gasteiger partial charge in [0, 0.05) is 0 Å². The van der Waals surface area contributed by atoms with Crippen molar-refractivity contribution in [1.29, 1.82) is 0 Å². The van der Waals surface area contributed by atoms with Gasteiger partial charge in [-0.25, -0.2) is 9.69 Å². The number of furan rings is 1. The number of anilines is 1. The molecule has 1 aliphatic rings. The number of benzene rings is 1. The lowest BCUT2D eigenvalue weighted by molar-refractivity contribution is -0.255. The topological polar surface area (TPSA) is 120 Å². The lowest BCUT2D eigenvalue weighted by Crippen LogP contribution is -2.54. The first-order valence-corrected chi connectivity index (χ1v) is 7.16. The van der Waals surface area contributed by atoms with Crippen molar-refractivity contribution in [3.05, 3.63) is 59.1 Å². The Morgan fingerprint density at radius 2 is 1.80 bits per heavy atom. The zero-order chi connectivity index (χ0) is 18.1. The first-order valence-electron chi connectivity index (χ1n) is 7.16. The average molecular weight is 339 g/mol. The largest absolute Gasteiger partial charge is 0.545 e. The summed E-state index contributed by atoms with van der Waals surface area (Å²) in [5, 5.41) is 12.8. The van der Waals surface area contributed by atoms with Gasteiger partial charge in [-0.2, -0.15) is 0 Å². The molecule has 0 spiro atoms. The molecule has 1 aromatic carbocycles. The van der Waals surface area contributed by atoms with E-state index in [2.05, 4.69) is 5.32 Å². The second-order valence-corrected chi connectivity index (χ2v) is 5.24. The Labute approximate surface area is 141 Å². The van der Waals surface area contributed by atoms with Gasteiger partial charge in [-0.1, -0.05) is 12.1 Å². The molecule has 126 valence electrons. The highest BCUT2D eigenvalue weighted by Crippen LogP contribution is 2.22. The number of nitrogens with zero attached hydrogens (tertiary/aromatic N) is 1. The van der Waals surface area contributed by atoms with Crippen LogP contribution in [0.4, 0.5) is 10.5 Å². The molecule has 4 amide bonds. The predicted molar refractivity (Wildman–Crippen MR) is 83.2 cm³/mol. The van der Waals surface area contributed by atoms with Crippen molar-refractivity contribution in [2.75, 3.05) is 4.90 Å². The minimum absolute atomic E-state index is 0.105. The quantitative estimate of drug-likeness (QED) is 0.646. The van der Waals surface area contributed by atoms with Gasteiger partial charge in [0.05, 0.1) is 11.7 Å². The molecule has 1 saturated heterocycles. The second kappa shape index (κ2) is 6.08. The van der Waals surface area contributed by atoms with E-state index in [1.54, 1.807) is 19.1 Å². The number of amides is 4. The Balaban J connectivity index is 1.98. The molecule has 1 N–H and O–H groups in total. The molecule has 8 nitrogen and oxygen atoms in total. The highest BCUT2D eigenvalue weighted by Gasteiger charge is 2.37. The van der Waals surface area contributed by atoms with Gasteiger partial charge in [0.25, 0.3) is 11.8 Å². The number of hydrogen-bond donors (Lipinski definition) is 1. The van der Waals surface area contributed by atoms with E-state index >= 15 is 0 Å². The molecule has 25 heavy (non-hydrogen) atoms. The summed E-state index contributed by atoms with van der Waals surface area (Å²) in [5.41, 5.74) is -0.272. The van der Waals surface area contributed by atoms with Crippen LogP contribution in [0.2, 0.25) is 0 Å². The van der Waals surface area contributed by atoms with E-state index in [0.717, 1.165) is 4.90 Å². The summed E-state index contributed by atoms with van der Waals surface area (Å²) in [6.07, 6.45) is 1.24. The van der Waals surface area contributed by atoms with E-state index in [4.69, 9.17) is 4.42 Å². The molecule has 0 radical (unpaired) electrons. The van der Waals surface area contributed by atoms with Crippen LogP contribution in [0.25, 0.3) is 6.08 Å². The van der Waals surface area contributed by atoms with Crippen LogP contribution >= 0.6 is 0 Å². The van der Waals surface area contributed by atoms with Crippen LogP contribution in [0.3, 0.4) is 0 Å². The highest BCUT2D eigenvalue weighted by atomic mass is 16.4. The maximum atomic E-state index is 12.6. The molecule has 2 heterocycles. The van der Waals surface area contributed by atoms with E-state index in [-0.39, 0.29) is 22.6 Å². The fourth-order valence-corrected chi connectivity index (χ4v) is 2.31. The van der Waals surface area contributed by atoms with Crippen molar-refractivity contribution in [1.82, 2.24) is 5.32 Å². The first-order chi connectivity index (χ1) is 11.9. The van der Waals surface area contributed by atoms with Crippen molar-refractivity contribution < 1.29 is 28.7 Å². The number of imide groups is 2. The van der Waals surface area contributed by atoms with Crippen molar-refractivity contribution in [3.63, 3.8) is 0 Å². The number of carbonyl (C=O) groups is 4. The number of aryl methyl sites for hydroxylation is 1. The molecule has 2 aromatic rings. The van der Waals surface area contributed by atoms with E-state index in [0.29, 0.717) is 5.76 Å². The lowest BCUT2D eigenvalue weighted by atomic mass is 10.1. The minimum Gasteiger partial charge on any atom is -0.545 e. The van der Waals surface area contributed by atoms with Crippen LogP contribution in [-0.4, -0.2) is 23.8 Å². The molecule has 0 unspecified atom stereocenters. The molecule has 1 aliphatic heterocycles. The van der Waals surface area contributed by atoms with E-state index in [9.17, 15) is 24.3 Å². The smallest absolute Gasteiger partial charge is 0.335 e. The van der Waals surface area contributed by atoms with Gasteiger partial charge >= 0.3 is 6.03 Å². The lowest BCUT2D eigenvalue weighted by Gasteiger charge is -2.26. The molecular weight excluding hydrogens is 328 g/mol. The van der Waals surface area contributed by atoms with Gasteiger partial charge in [0.2, 0.25) is 0 Å². The van der Waals surface area contributed by atoms with Gasteiger partial charge in [0.15, 0.2) is 0 Å². The van der Waals surface area contributed by atoms with E-state index < -0.39 is 23.8 Å². The van der Waals surface area contributed by atoms with Crippen LogP contribution in [0, 0.1) is 6.92 Å². The molecule has 0 saturated carbocycles. The first kappa shape index (κ1) is 16.2. The SMILES string of the molecule is Cc1ccc(/C=C2\C(=O)NC(=O)N(c3ccc(C(=O)[O-])cc3)C2=O)o1. The molecule has 1 fully saturated rings. The fraction of sp³-hybridized carbons (Fsp3) is 0.0588. The van der Waals surface area contributed by atoms with Crippen molar-refractivity contribution in [3.8, 4) is 0 Å². The predicted octanol–water partition coefficient (Wildman–Crippen LogP) is 0.618. The second-order valence-electron chi connectivity index (χ2n) is 5.24. The number of carbonyl (C=O) groups excluding carboxylic acids is 4. The Morgan fingerprint density at radius 3 is 2.36 bits per heavy atom. The van der Waals surface area contributed by atoms with Crippen LogP contribution in [0.1, 0.15) is 21.9 Å². The molecule has 0 bridgehead atoms. The standard InChI is InChI=1S/C17H12N2O6/c1-9-2-7-12(25-9)8-13-14(20)18-17(24)19(15(13)21)11-5-3-10(4-6-11)16(22)23/h2-8H,1H3,(H,22,23)(H,18,20,24)/p-1/b13-8+. The van der Waals surface area contributed by atoms with Crippen LogP contribution in [0.15, 0.2) is 46.4 Å². The summed E-state index contributed by atoms with van der Waals surface area (Å²) in [5.74, 6) is -2.18. The van der Waals surface area contributed by atoms with Crippen molar-refractivity contribution in [2.45, 2.75) is 6.92 Å². The highest BCUT2D eigenvalue weighted by molar-refractivity contribution is 6.39. The monoisotopic (exact) mass is 339 g/mol. The summed E-state index contributed by atoms with van der Waals surface area (Å²) in [7, 11) is 0. The third-order valence-corrected chi connectivity index (χ3v) is 3.51. The van der Waals surface area contributed by atoms with Gasteiger partial charge in [-0.15, -0.1) is 0 Å². The summed E-state index contributed by atoms with van der Waals surface area (Å²) >= 11 is 0. The molecule has 0 aliphatic carbocycles. The Hall–Kier alpha value is -3.68. The maximum Gasteiger partial charge on any atom is 0.335 e. The number of urea groups is 1. The third-order valence-electron chi connectivity index (χ3n) is 3.51. The zero-order valence-electron chi connectivity index (χ0n) is 12.9. The fourth-order valence-electron chi connectivity index (χ4n) is 2.31. The molecule has 0 atom stereocenters. The Kier molecular flexibility index (Phi) is 3.94. The zero-order valence-corrected chi connectivity index (χ0v) is 12.9. The van der Waals surface area contributed by atoms with Gasteiger partial charge in [-0.3, -0.25) is 14.9 Å². The summed E-state index contributed by atoms with van der Waals surface area (Å²) in [4.78, 5) is 48.1. The third kappa shape index (κ3) is 3.05. The van der Waals surface area contributed by atoms with Gasteiger partial charge in [0.1, 0.15) is 17.1 Å². The van der Waals surface area contributed by atoms with Gasteiger partial charge in [-0.05, 0) is 42.8 Å². The molecule has 3 rings (SSSR count). The van der Waals surface area contributed by atoms with Crippen molar-refractivity contribution >= 4 is 35.6 Å². The molecule has 1 aromatic heterocycles. The van der Waals surface area contributed by atoms with Gasteiger partial charge < -0.3 is 14.3 Å². The summed E-state index contributed by atoms with van der Waals surface area (Å²) < 4.78 is 5.31. The number of nitrogens with one attached hydrogen (secondary N) is 1. The summed E-state index contributed by atoms with van der Waals surface area (Å²) in [6.45, 7) is 1.71. The van der Waals surface area contributed by atoms with Crippen molar-refractivity contribution in [2.24, 2.45) is 0 Å². The minimum atomic E-state index is -1.38. The number of aromatic carboxylic acids is 1. The van der Waals surface area contributed by atoms with Crippen LogP contribution < -0.4 is 15.3 Å². The van der Waals surface area contributed by atoms with Crippen LogP contribution in [0.5, 0.6) is 0 Å². The van der Waals surface area contributed by atoms with E-state index in [1.165, 1.54) is 30.3 Å². The number of hydrogen-bond acceptors (Lipinski definition) is 6. The number of barbiturate groups is 1. The summed E-state index contributed by atoms with van der Waals surface area (Å²) in [6, 6.07) is 7.25. The maximum absolute atomic E-state index is 12.6. The van der Waals surface area contributed by atoms with E-state index in [1.807, 2.05) is 0 Å². The normalized spacial score (nSPS) is 16.3. The number of rotatable bonds is 3. The Bertz CT molecular complexity index is 923. The average Bonchev–Trinajstić information content (AvgIpc) is 2.97. The molecule has 8 heteroatoms. The number of carboxylic acids is 1. The number of carboxylic acid groups (broad SMARTS) is 1.